The number of nitrogens with zero attached hydrogens (tertiary/aromatic N) is 3. The van der Waals surface area contributed by atoms with Crippen LogP contribution in [0.4, 0.5) is 5.95 Å². The van der Waals surface area contributed by atoms with Gasteiger partial charge in [-0.1, -0.05) is 0 Å². The van der Waals surface area contributed by atoms with Crippen molar-refractivity contribution in [3.05, 3.63) is 26.6 Å². The van der Waals surface area contributed by atoms with Crippen LogP contribution in [0.5, 0.6) is 0 Å². The Morgan fingerprint density at radius 3 is 2.68 bits per heavy atom. The van der Waals surface area contributed by atoms with Gasteiger partial charge in [0.2, 0.25) is 5.95 Å². The molecule has 0 bridgehead atoms. The highest BCUT2D eigenvalue weighted by molar-refractivity contribution is 9.10. The van der Waals surface area contributed by atoms with E-state index < -0.39 is 5.60 Å². The van der Waals surface area contributed by atoms with Crippen LogP contribution in [0.25, 0.3) is 11.0 Å². The number of rotatable bonds is 2. The maximum absolute atomic E-state index is 12.2. The molecule has 19 heavy (non-hydrogen) atoms. The number of halogens is 1. The molecule has 2 heterocycles. The van der Waals surface area contributed by atoms with E-state index in [0.29, 0.717) is 15.8 Å². The molecule has 0 fully saturated rings. The lowest BCUT2D eigenvalue weighted by Gasteiger charge is -2.20. The molecule has 3 N–H and O–H groups in total. The molecule has 0 atom stereocenters. The molecular formula is C12H15BrN4O2. The van der Waals surface area contributed by atoms with Crippen LogP contribution in [0.15, 0.2) is 15.3 Å². The quantitative estimate of drug-likeness (QED) is 0.865. The van der Waals surface area contributed by atoms with E-state index in [0.717, 1.165) is 5.39 Å². The molecule has 0 aliphatic carbocycles. The summed E-state index contributed by atoms with van der Waals surface area (Å²) in [5.74, 6) is 0.108. The fourth-order valence-corrected chi connectivity index (χ4v) is 2.35. The van der Waals surface area contributed by atoms with Gasteiger partial charge in [-0.05, 0) is 42.8 Å². The van der Waals surface area contributed by atoms with Gasteiger partial charge in [-0.3, -0.25) is 9.36 Å². The minimum Gasteiger partial charge on any atom is -0.389 e. The maximum atomic E-state index is 12.2. The van der Waals surface area contributed by atoms with Gasteiger partial charge in [0, 0.05) is 5.39 Å². The normalized spacial score (nSPS) is 12.1. The van der Waals surface area contributed by atoms with Crippen molar-refractivity contribution in [1.29, 1.82) is 0 Å². The summed E-state index contributed by atoms with van der Waals surface area (Å²) in [6.07, 6.45) is 0. The van der Waals surface area contributed by atoms with Crippen LogP contribution in [-0.4, -0.2) is 25.2 Å². The third-order valence-electron chi connectivity index (χ3n) is 2.65. The molecule has 2 aromatic rings. The first-order valence-electron chi connectivity index (χ1n) is 5.74. The zero-order valence-corrected chi connectivity index (χ0v) is 12.5. The maximum Gasteiger partial charge on any atom is 0.266 e. The summed E-state index contributed by atoms with van der Waals surface area (Å²) >= 11 is 3.23. The van der Waals surface area contributed by atoms with Gasteiger partial charge in [0.15, 0.2) is 0 Å². The number of anilines is 1. The smallest absolute Gasteiger partial charge is 0.266 e. The molecule has 0 unspecified atom stereocenters. The van der Waals surface area contributed by atoms with Crippen LogP contribution in [0.2, 0.25) is 0 Å². The van der Waals surface area contributed by atoms with Crippen LogP contribution >= 0.6 is 15.9 Å². The molecule has 0 amide bonds. The van der Waals surface area contributed by atoms with Gasteiger partial charge < -0.3 is 10.8 Å². The highest BCUT2D eigenvalue weighted by Gasteiger charge is 2.19. The van der Waals surface area contributed by atoms with Crippen molar-refractivity contribution in [2.45, 2.75) is 32.9 Å². The van der Waals surface area contributed by atoms with E-state index >= 15 is 0 Å². The van der Waals surface area contributed by atoms with E-state index in [1.807, 2.05) is 0 Å². The van der Waals surface area contributed by atoms with Gasteiger partial charge in [-0.15, -0.1) is 0 Å². The number of nitrogen functional groups attached to an aromatic ring is 1. The number of nitrogens with two attached hydrogens (primary N) is 1. The molecular weight excluding hydrogens is 312 g/mol. The standard InChI is InChI=1S/C12H15BrN4O2/c1-6-7-4-8(13)10(18)17(5-12(2,3)19)9(7)16-11(14)15-6/h4,19H,5H2,1-3H3,(H2,14,15,16). The Labute approximate surface area is 118 Å². The summed E-state index contributed by atoms with van der Waals surface area (Å²) in [6, 6.07) is 1.67. The number of aliphatic hydroxyl groups is 1. The molecule has 0 aromatic carbocycles. The lowest BCUT2D eigenvalue weighted by atomic mass is 10.1. The van der Waals surface area contributed by atoms with Crippen molar-refractivity contribution in [1.82, 2.24) is 14.5 Å². The summed E-state index contributed by atoms with van der Waals surface area (Å²) in [5, 5.41) is 10.7. The molecule has 0 radical (unpaired) electrons. The third-order valence-corrected chi connectivity index (χ3v) is 3.22. The van der Waals surface area contributed by atoms with Gasteiger partial charge in [0.1, 0.15) is 5.65 Å². The molecule has 0 saturated heterocycles. The number of fused-ring (bicyclic) bond motifs is 1. The third kappa shape index (κ3) is 2.76. The van der Waals surface area contributed by atoms with Gasteiger partial charge in [0.05, 0.1) is 22.3 Å². The van der Waals surface area contributed by atoms with E-state index in [4.69, 9.17) is 5.73 Å². The van der Waals surface area contributed by atoms with Gasteiger partial charge in [-0.25, -0.2) is 4.98 Å². The highest BCUT2D eigenvalue weighted by Crippen LogP contribution is 2.20. The Bertz CT molecular complexity index is 703. The molecule has 102 valence electrons. The second-order valence-corrected chi connectivity index (χ2v) is 5.95. The van der Waals surface area contributed by atoms with Gasteiger partial charge in [0.25, 0.3) is 5.56 Å². The summed E-state index contributed by atoms with van der Waals surface area (Å²) in [4.78, 5) is 20.4. The first-order chi connectivity index (χ1) is 8.69. The monoisotopic (exact) mass is 326 g/mol. The molecule has 6 nitrogen and oxygen atoms in total. The predicted molar refractivity (Wildman–Crippen MR) is 76.9 cm³/mol. The first kappa shape index (κ1) is 14.0. The highest BCUT2D eigenvalue weighted by atomic mass is 79.9. The van der Waals surface area contributed by atoms with E-state index in [1.54, 1.807) is 26.8 Å². The van der Waals surface area contributed by atoms with Gasteiger partial charge in [-0.2, -0.15) is 4.98 Å². The molecule has 0 saturated carbocycles. The van der Waals surface area contributed by atoms with Crippen molar-refractivity contribution in [2.75, 3.05) is 5.73 Å². The lowest BCUT2D eigenvalue weighted by molar-refractivity contribution is 0.0615. The number of aryl methyl sites for hydroxylation is 1. The van der Waals surface area contributed by atoms with E-state index in [9.17, 15) is 9.90 Å². The van der Waals surface area contributed by atoms with E-state index in [1.165, 1.54) is 4.57 Å². The minimum absolute atomic E-state index is 0.108. The van der Waals surface area contributed by atoms with Crippen LogP contribution in [0.3, 0.4) is 0 Å². The van der Waals surface area contributed by atoms with Crippen molar-refractivity contribution in [2.24, 2.45) is 0 Å². The molecule has 2 rings (SSSR count). The molecule has 2 aromatic heterocycles. The average Bonchev–Trinajstić information content (AvgIpc) is 2.25. The Morgan fingerprint density at radius 2 is 2.11 bits per heavy atom. The topological polar surface area (TPSA) is 94.0 Å². The second kappa shape index (κ2) is 4.57. The Hall–Kier alpha value is -1.47. The molecule has 7 heteroatoms. The van der Waals surface area contributed by atoms with Crippen molar-refractivity contribution >= 4 is 32.9 Å². The zero-order valence-electron chi connectivity index (χ0n) is 10.9. The summed E-state index contributed by atoms with van der Waals surface area (Å²) in [5.41, 5.74) is 5.46. The first-order valence-corrected chi connectivity index (χ1v) is 6.54. The molecule has 0 spiro atoms. The fraction of sp³-hybridized carbons (Fsp3) is 0.417. The Balaban J connectivity index is 2.86. The number of hydrogen-bond donors (Lipinski definition) is 2. The number of pyridine rings is 1. The zero-order chi connectivity index (χ0) is 14.4. The number of hydrogen-bond acceptors (Lipinski definition) is 5. The molecule has 0 aliphatic rings. The number of aromatic nitrogens is 3. The van der Waals surface area contributed by atoms with E-state index in [-0.39, 0.29) is 18.1 Å². The van der Waals surface area contributed by atoms with E-state index in [2.05, 4.69) is 25.9 Å². The van der Waals surface area contributed by atoms with Crippen LogP contribution in [0, 0.1) is 6.92 Å². The second-order valence-electron chi connectivity index (χ2n) is 5.10. The Morgan fingerprint density at radius 1 is 1.47 bits per heavy atom. The van der Waals surface area contributed by atoms with Gasteiger partial charge >= 0.3 is 0 Å². The van der Waals surface area contributed by atoms with Crippen molar-refractivity contribution in [3.63, 3.8) is 0 Å². The predicted octanol–water partition coefficient (Wildman–Crippen LogP) is 1.22. The lowest BCUT2D eigenvalue weighted by Crippen LogP contribution is -2.33. The summed E-state index contributed by atoms with van der Waals surface area (Å²) in [6.45, 7) is 5.18. The Kier molecular flexibility index (Phi) is 3.36. The SMILES string of the molecule is Cc1nc(N)nc2c1cc(Br)c(=O)n2CC(C)(C)O. The van der Waals surface area contributed by atoms with Crippen molar-refractivity contribution < 1.29 is 5.11 Å². The fourth-order valence-electron chi connectivity index (χ4n) is 1.91. The van der Waals surface area contributed by atoms with Crippen LogP contribution < -0.4 is 11.3 Å². The summed E-state index contributed by atoms with van der Waals surface area (Å²) < 4.78 is 1.81. The van der Waals surface area contributed by atoms with Crippen molar-refractivity contribution in [3.8, 4) is 0 Å². The van der Waals surface area contributed by atoms with Crippen LogP contribution in [0.1, 0.15) is 19.5 Å². The summed E-state index contributed by atoms with van der Waals surface area (Å²) in [7, 11) is 0. The minimum atomic E-state index is -1.04. The largest absolute Gasteiger partial charge is 0.389 e. The average molecular weight is 327 g/mol. The van der Waals surface area contributed by atoms with Crippen LogP contribution in [-0.2, 0) is 6.54 Å². The molecule has 0 aliphatic heterocycles.